The number of methoxy groups -OCH3 is 1. The topological polar surface area (TPSA) is 76.5 Å². The molecule has 2 atom stereocenters. The van der Waals surface area contributed by atoms with Gasteiger partial charge >= 0.3 is 0 Å². The fourth-order valence-electron chi connectivity index (χ4n) is 5.48. The molecular formula is C29H34Cl2N4O3. The van der Waals surface area contributed by atoms with Gasteiger partial charge in [-0.1, -0.05) is 49.2 Å². The highest BCUT2D eigenvalue weighted by Crippen LogP contribution is 2.47. The van der Waals surface area contributed by atoms with Crippen LogP contribution in [-0.2, 0) is 16.1 Å². The van der Waals surface area contributed by atoms with Crippen LogP contribution in [0.4, 0.5) is 5.69 Å². The van der Waals surface area contributed by atoms with Crippen molar-refractivity contribution in [3.05, 3.63) is 80.1 Å². The van der Waals surface area contributed by atoms with Crippen LogP contribution < -0.4 is 10.2 Å². The second-order valence-electron chi connectivity index (χ2n) is 10.1. The lowest BCUT2D eigenvalue weighted by molar-refractivity contribution is -0.126. The summed E-state index contributed by atoms with van der Waals surface area (Å²) in [6.07, 6.45) is 2.31. The molecule has 0 saturated carbocycles. The van der Waals surface area contributed by atoms with Crippen LogP contribution in [0.5, 0.6) is 0 Å². The molecule has 2 aliphatic heterocycles. The van der Waals surface area contributed by atoms with Crippen molar-refractivity contribution in [2.24, 2.45) is 0 Å². The molecule has 9 heteroatoms. The summed E-state index contributed by atoms with van der Waals surface area (Å²) in [5.41, 5.74) is 6.57. The van der Waals surface area contributed by atoms with Crippen LogP contribution in [0.25, 0.3) is 0 Å². The van der Waals surface area contributed by atoms with E-state index in [0.717, 1.165) is 53.1 Å². The molecule has 202 valence electrons. The van der Waals surface area contributed by atoms with E-state index < -0.39 is 0 Å². The van der Waals surface area contributed by atoms with E-state index in [2.05, 4.69) is 35.5 Å². The maximum absolute atomic E-state index is 14.0. The van der Waals surface area contributed by atoms with Crippen molar-refractivity contribution in [2.75, 3.05) is 18.6 Å². The number of nitrogens with one attached hydrogen (secondary N) is 1. The molecule has 0 spiro atoms. The van der Waals surface area contributed by atoms with Gasteiger partial charge in [-0.25, -0.2) is 0 Å². The van der Waals surface area contributed by atoms with Crippen LogP contribution in [0.3, 0.4) is 0 Å². The molecule has 1 fully saturated rings. The Morgan fingerprint density at radius 1 is 1.13 bits per heavy atom. The minimum absolute atomic E-state index is 0.0836. The Labute approximate surface area is 234 Å². The summed E-state index contributed by atoms with van der Waals surface area (Å²) in [6.45, 7) is 10.6. The number of fused-ring (bicyclic) bond motifs is 1. The first kappa shape index (κ1) is 28.1. The molecule has 2 aliphatic rings. The molecule has 1 N–H and O–H groups in total. The number of hydrogen-bond donors (Lipinski definition) is 1. The van der Waals surface area contributed by atoms with E-state index in [4.69, 9.17) is 33.1 Å². The molecule has 2 aromatic carbocycles. The van der Waals surface area contributed by atoms with Gasteiger partial charge in [-0.3, -0.25) is 19.2 Å². The third-order valence-corrected chi connectivity index (χ3v) is 7.61. The number of hydrogen-bond acceptors (Lipinski definition) is 5. The first-order chi connectivity index (χ1) is 18.2. The van der Waals surface area contributed by atoms with E-state index >= 15 is 0 Å². The summed E-state index contributed by atoms with van der Waals surface area (Å²) >= 11 is 12.7. The second-order valence-corrected chi connectivity index (χ2v) is 11.0. The highest BCUT2D eigenvalue weighted by atomic mass is 35.5. The molecule has 5 rings (SSSR count). The molecule has 0 bridgehead atoms. The minimum atomic E-state index is -0.292. The van der Waals surface area contributed by atoms with Gasteiger partial charge in [0.1, 0.15) is 0 Å². The number of nitrogens with zero attached hydrogens (tertiary/aromatic N) is 3. The normalized spacial score (nSPS) is 18.4. The van der Waals surface area contributed by atoms with Crippen molar-refractivity contribution < 1.29 is 14.3 Å². The third kappa shape index (κ3) is 5.46. The lowest BCUT2D eigenvalue weighted by Gasteiger charge is -2.30. The van der Waals surface area contributed by atoms with Crippen LogP contribution >= 0.6 is 23.2 Å². The lowest BCUT2D eigenvalue weighted by atomic mass is 9.91. The monoisotopic (exact) mass is 556 g/mol. The first-order valence-electron chi connectivity index (χ1n) is 12.8. The van der Waals surface area contributed by atoms with Crippen LogP contribution in [0, 0.1) is 13.8 Å². The summed E-state index contributed by atoms with van der Waals surface area (Å²) < 4.78 is 5.94. The van der Waals surface area contributed by atoms with Gasteiger partial charge in [0.05, 0.1) is 19.7 Å². The average molecular weight is 558 g/mol. The largest absolute Gasteiger partial charge is 0.471 e. The minimum Gasteiger partial charge on any atom is -0.471 e. The second kappa shape index (κ2) is 11.9. The average Bonchev–Trinajstić information content (AvgIpc) is 3.58. The van der Waals surface area contributed by atoms with E-state index in [1.54, 1.807) is 0 Å². The molecule has 1 amide bonds. The molecule has 3 heterocycles. The van der Waals surface area contributed by atoms with E-state index in [-0.39, 0.29) is 17.9 Å². The van der Waals surface area contributed by atoms with E-state index in [1.807, 2.05) is 48.2 Å². The highest BCUT2D eigenvalue weighted by molar-refractivity contribution is 6.31. The molecule has 1 saturated heterocycles. The quantitative estimate of drug-likeness (QED) is 0.364. The summed E-state index contributed by atoms with van der Waals surface area (Å²) in [5.74, 6) is 0.126. The van der Waals surface area contributed by atoms with Gasteiger partial charge in [0.15, 0.2) is 5.69 Å². The predicted octanol–water partition coefficient (Wildman–Crippen LogP) is 6.22. The van der Waals surface area contributed by atoms with Gasteiger partial charge in [0.25, 0.3) is 12.4 Å². The van der Waals surface area contributed by atoms with Crippen molar-refractivity contribution in [1.29, 1.82) is 0 Å². The Hall–Kier alpha value is -2.87. The van der Waals surface area contributed by atoms with E-state index in [0.29, 0.717) is 28.3 Å². The zero-order valence-electron chi connectivity index (χ0n) is 22.4. The van der Waals surface area contributed by atoms with Crippen molar-refractivity contribution in [2.45, 2.75) is 65.1 Å². The van der Waals surface area contributed by atoms with Crippen LogP contribution in [0.2, 0.25) is 10.0 Å². The van der Waals surface area contributed by atoms with Crippen molar-refractivity contribution in [3.63, 3.8) is 0 Å². The van der Waals surface area contributed by atoms with Gasteiger partial charge in [-0.15, -0.1) is 0 Å². The maximum atomic E-state index is 14.0. The summed E-state index contributed by atoms with van der Waals surface area (Å²) in [5, 5.41) is 9.79. The standard InChI is InChI=1S/C27H30Cl2N4O.C2H4O2/c1-15(2)25-23-24(31-32(25)14-20-6-5-11-30-20)27(34)33(22-13-19(29)8-7-16(22)3)26(23)21-10-9-18(28)12-17(21)4;1-4-2-3/h7-10,12-13,15,20,26,30H,5-6,11,14H2,1-4H3;2H,1H3/t20-,26?;/m0./s1. The summed E-state index contributed by atoms with van der Waals surface area (Å²) in [4.78, 5) is 24.8. The molecule has 0 aliphatic carbocycles. The van der Waals surface area contributed by atoms with Gasteiger partial charge < -0.3 is 10.1 Å². The number of carbonyl (C=O) groups is 2. The Kier molecular flexibility index (Phi) is 8.81. The number of aryl methyl sites for hydroxylation is 2. The van der Waals surface area contributed by atoms with Crippen molar-refractivity contribution >= 4 is 41.3 Å². The number of carbonyl (C=O) groups excluding carboxylic acids is 2. The van der Waals surface area contributed by atoms with Crippen molar-refractivity contribution in [1.82, 2.24) is 15.1 Å². The Balaban J connectivity index is 0.000000786. The zero-order chi connectivity index (χ0) is 27.6. The number of amides is 1. The SMILES string of the molecule is COC=O.Cc1cc(Cl)ccc1C1c2c(nn(C[C@@H]3CCCN3)c2C(C)C)C(=O)N1c1cc(Cl)ccc1C. The predicted molar refractivity (Wildman–Crippen MR) is 151 cm³/mol. The number of rotatable bonds is 6. The van der Waals surface area contributed by atoms with Gasteiger partial charge in [0.2, 0.25) is 0 Å². The number of ether oxygens (including phenoxy) is 1. The smallest absolute Gasteiger partial charge is 0.292 e. The van der Waals surface area contributed by atoms with Crippen LogP contribution in [0.15, 0.2) is 36.4 Å². The van der Waals surface area contributed by atoms with Crippen LogP contribution in [0.1, 0.15) is 77.1 Å². The molecular weight excluding hydrogens is 523 g/mol. The fourth-order valence-corrected chi connectivity index (χ4v) is 5.87. The Morgan fingerprint density at radius 2 is 1.82 bits per heavy atom. The summed E-state index contributed by atoms with van der Waals surface area (Å²) in [6, 6.07) is 11.7. The molecule has 7 nitrogen and oxygen atoms in total. The first-order valence-corrected chi connectivity index (χ1v) is 13.6. The fraction of sp³-hybridized carbons (Fsp3) is 0.414. The van der Waals surface area contributed by atoms with Gasteiger partial charge in [0, 0.05) is 33.0 Å². The van der Waals surface area contributed by atoms with Gasteiger partial charge in [-0.2, -0.15) is 5.10 Å². The molecule has 38 heavy (non-hydrogen) atoms. The number of anilines is 1. The van der Waals surface area contributed by atoms with Gasteiger partial charge in [-0.05, 0) is 80.1 Å². The van der Waals surface area contributed by atoms with Crippen molar-refractivity contribution in [3.8, 4) is 0 Å². The maximum Gasteiger partial charge on any atom is 0.292 e. The molecule has 1 aromatic heterocycles. The Morgan fingerprint density at radius 3 is 2.42 bits per heavy atom. The lowest BCUT2D eigenvalue weighted by Crippen LogP contribution is -2.33. The van der Waals surface area contributed by atoms with E-state index in [9.17, 15) is 4.79 Å². The molecule has 1 unspecified atom stereocenters. The molecule has 3 aromatic rings. The summed E-state index contributed by atoms with van der Waals surface area (Å²) in [7, 11) is 1.31. The Bertz CT molecular complexity index is 1330. The molecule has 0 radical (unpaired) electrons. The van der Waals surface area contributed by atoms with E-state index in [1.165, 1.54) is 13.5 Å². The highest BCUT2D eigenvalue weighted by Gasteiger charge is 2.45. The number of benzene rings is 2. The number of halogens is 2. The van der Waals surface area contributed by atoms with Crippen LogP contribution in [-0.4, -0.2) is 41.9 Å². The third-order valence-electron chi connectivity index (χ3n) is 7.14. The number of aromatic nitrogens is 2. The zero-order valence-corrected chi connectivity index (χ0v) is 23.9.